The van der Waals surface area contributed by atoms with E-state index in [0.717, 1.165) is 17.0 Å². The van der Waals surface area contributed by atoms with Crippen LogP contribution in [-0.4, -0.2) is 33.9 Å². The van der Waals surface area contributed by atoms with Gasteiger partial charge < -0.3 is 9.47 Å². The number of para-hydroxylation sites is 1. The number of aromatic nitrogens is 3. The number of benzene rings is 3. The molecule has 162 valence electrons. The Hall–Kier alpha value is -3.85. The first-order valence-electron chi connectivity index (χ1n) is 9.70. The van der Waals surface area contributed by atoms with Gasteiger partial charge in [0.25, 0.3) is 5.69 Å². The number of thioether (sulfide) groups is 1. The highest BCUT2D eigenvalue weighted by Gasteiger charge is 2.19. The second-order valence-corrected chi connectivity index (χ2v) is 7.69. The van der Waals surface area contributed by atoms with Crippen molar-refractivity contribution in [1.82, 2.24) is 14.8 Å². The zero-order valence-electron chi connectivity index (χ0n) is 17.5. The molecule has 0 amide bonds. The van der Waals surface area contributed by atoms with Crippen LogP contribution in [0.4, 0.5) is 5.69 Å². The Morgan fingerprint density at radius 3 is 2.41 bits per heavy atom. The fraction of sp³-hybridized carbons (Fsp3) is 0.130. The van der Waals surface area contributed by atoms with Crippen LogP contribution in [0.1, 0.15) is 5.56 Å². The highest BCUT2D eigenvalue weighted by molar-refractivity contribution is 7.98. The molecule has 0 bridgehead atoms. The first-order chi connectivity index (χ1) is 15.6. The average Bonchev–Trinajstić information content (AvgIpc) is 3.27. The Balaban J connectivity index is 1.75. The summed E-state index contributed by atoms with van der Waals surface area (Å²) in [4.78, 5) is 11.0. The fourth-order valence-electron chi connectivity index (χ4n) is 3.23. The van der Waals surface area contributed by atoms with Crippen LogP contribution in [0.5, 0.6) is 11.5 Å². The van der Waals surface area contributed by atoms with Gasteiger partial charge in [-0.2, -0.15) is 0 Å². The summed E-state index contributed by atoms with van der Waals surface area (Å²) < 4.78 is 12.6. The van der Waals surface area contributed by atoms with Gasteiger partial charge in [-0.25, -0.2) is 0 Å². The zero-order valence-corrected chi connectivity index (χ0v) is 18.3. The quantitative estimate of drug-likeness (QED) is 0.209. The van der Waals surface area contributed by atoms with Crippen molar-refractivity contribution in [1.29, 1.82) is 0 Å². The molecule has 0 atom stereocenters. The van der Waals surface area contributed by atoms with E-state index in [1.54, 1.807) is 32.4 Å². The monoisotopic (exact) mass is 448 g/mol. The van der Waals surface area contributed by atoms with Crippen molar-refractivity contribution in [2.75, 3.05) is 14.2 Å². The Morgan fingerprint density at radius 2 is 1.69 bits per heavy atom. The third kappa shape index (κ3) is 4.42. The SMILES string of the molecule is COc1ccc(-n2c(SCc3ccccc3[N+](=O)[O-])nnc2-c2cccc(OC)c2)cc1. The van der Waals surface area contributed by atoms with Crippen LogP contribution in [0.3, 0.4) is 0 Å². The summed E-state index contributed by atoms with van der Waals surface area (Å²) in [5.74, 6) is 2.46. The lowest BCUT2D eigenvalue weighted by molar-refractivity contribution is -0.385. The predicted molar refractivity (Wildman–Crippen MR) is 123 cm³/mol. The molecule has 4 rings (SSSR count). The largest absolute Gasteiger partial charge is 0.497 e. The van der Waals surface area contributed by atoms with Gasteiger partial charge in [-0.15, -0.1) is 10.2 Å². The lowest BCUT2D eigenvalue weighted by atomic mass is 10.2. The summed E-state index contributed by atoms with van der Waals surface area (Å²) in [6.45, 7) is 0. The molecular formula is C23H20N4O4S. The molecule has 1 heterocycles. The minimum atomic E-state index is -0.369. The van der Waals surface area contributed by atoms with Crippen molar-refractivity contribution in [2.24, 2.45) is 0 Å². The van der Waals surface area contributed by atoms with Crippen LogP contribution >= 0.6 is 11.8 Å². The van der Waals surface area contributed by atoms with Crippen molar-refractivity contribution in [2.45, 2.75) is 10.9 Å². The molecule has 0 fully saturated rings. The molecule has 0 saturated carbocycles. The van der Waals surface area contributed by atoms with Gasteiger partial charge in [-0.05, 0) is 36.4 Å². The van der Waals surface area contributed by atoms with E-state index in [4.69, 9.17) is 9.47 Å². The summed E-state index contributed by atoms with van der Waals surface area (Å²) in [5.41, 5.74) is 2.39. The van der Waals surface area contributed by atoms with E-state index in [9.17, 15) is 10.1 Å². The molecule has 0 spiro atoms. The first-order valence-corrected chi connectivity index (χ1v) is 10.7. The molecule has 3 aromatic carbocycles. The van der Waals surface area contributed by atoms with E-state index >= 15 is 0 Å². The summed E-state index contributed by atoms with van der Waals surface area (Å²) >= 11 is 1.38. The smallest absolute Gasteiger partial charge is 0.273 e. The van der Waals surface area contributed by atoms with Crippen molar-refractivity contribution in [3.05, 3.63) is 88.5 Å². The lowest BCUT2D eigenvalue weighted by Gasteiger charge is -2.12. The van der Waals surface area contributed by atoms with E-state index in [1.807, 2.05) is 53.1 Å². The average molecular weight is 449 g/mol. The number of rotatable bonds is 8. The second kappa shape index (κ2) is 9.52. The van der Waals surface area contributed by atoms with Gasteiger partial charge in [-0.1, -0.05) is 42.1 Å². The normalized spacial score (nSPS) is 10.7. The number of methoxy groups -OCH3 is 2. The molecule has 0 unspecified atom stereocenters. The molecule has 0 N–H and O–H groups in total. The van der Waals surface area contributed by atoms with E-state index in [-0.39, 0.29) is 10.6 Å². The maximum atomic E-state index is 11.4. The van der Waals surface area contributed by atoms with Gasteiger partial charge in [0.05, 0.1) is 19.1 Å². The van der Waals surface area contributed by atoms with Crippen molar-refractivity contribution >= 4 is 17.4 Å². The van der Waals surface area contributed by atoms with Crippen LogP contribution in [0.2, 0.25) is 0 Å². The summed E-state index contributed by atoms with van der Waals surface area (Å²) in [6.07, 6.45) is 0. The molecular weight excluding hydrogens is 428 g/mol. The standard InChI is InChI=1S/C23H20N4O4S/c1-30-19-12-10-18(11-13-19)26-22(16-7-5-8-20(14-16)31-2)24-25-23(26)32-15-17-6-3-4-9-21(17)27(28)29/h3-14H,15H2,1-2H3. The third-order valence-electron chi connectivity index (χ3n) is 4.84. The Kier molecular flexibility index (Phi) is 6.37. The van der Waals surface area contributed by atoms with Gasteiger partial charge in [0.2, 0.25) is 0 Å². The minimum Gasteiger partial charge on any atom is -0.497 e. The summed E-state index contributed by atoms with van der Waals surface area (Å²) in [6, 6.07) is 21.8. The summed E-state index contributed by atoms with van der Waals surface area (Å²) in [5, 5.41) is 20.8. The van der Waals surface area contributed by atoms with Crippen molar-refractivity contribution < 1.29 is 14.4 Å². The van der Waals surface area contributed by atoms with Crippen molar-refractivity contribution in [3.63, 3.8) is 0 Å². The molecule has 0 aliphatic rings. The number of ether oxygens (including phenoxy) is 2. The van der Waals surface area contributed by atoms with E-state index < -0.39 is 0 Å². The molecule has 9 heteroatoms. The minimum absolute atomic E-state index is 0.0866. The maximum absolute atomic E-state index is 11.4. The Morgan fingerprint density at radius 1 is 0.938 bits per heavy atom. The molecule has 0 radical (unpaired) electrons. The number of hydrogen-bond acceptors (Lipinski definition) is 7. The lowest BCUT2D eigenvalue weighted by Crippen LogP contribution is -2.01. The molecule has 0 saturated heterocycles. The van der Waals surface area contributed by atoms with Gasteiger partial charge in [0, 0.05) is 28.6 Å². The second-order valence-electron chi connectivity index (χ2n) is 6.75. The summed E-state index contributed by atoms with van der Waals surface area (Å²) in [7, 11) is 3.23. The highest BCUT2D eigenvalue weighted by atomic mass is 32.2. The molecule has 0 aliphatic heterocycles. The van der Waals surface area contributed by atoms with Crippen molar-refractivity contribution in [3.8, 4) is 28.6 Å². The molecule has 4 aromatic rings. The number of hydrogen-bond donors (Lipinski definition) is 0. The van der Waals surface area contributed by atoms with Crippen LogP contribution in [0.15, 0.2) is 78.0 Å². The highest BCUT2D eigenvalue weighted by Crippen LogP contribution is 2.33. The van der Waals surface area contributed by atoms with E-state index in [1.165, 1.54) is 17.8 Å². The van der Waals surface area contributed by atoms with Gasteiger partial charge in [0.1, 0.15) is 11.5 Å². The Bertz CT molecular complexity index is 1240. The number of nitrogens with zero attached hydrogens (tertiary/aromatic N) is 4. The number of nitro groups is 1. The van der Waals surface area contributed by atoms with Gasteiger partial charge >= 0.3 is 0 Å². The first kappa shape index (κ1) is 21.4. The number of nitro benzene ring substituents is 1. The van der Waals surface area contributed by atoms with Crippen LogP contribution < -0.4 is 9.47 Å². The topological polar surface area (TPSA) is 92.3 Å². The van der Waals surface area contributed by atoms with Crippen LogP contribution in [0.25, 0.3) is 17.1 Å². The van der Waals surface area contributed by atoms with Gasteiger partial charge in [0.15, 0.2) is 11.0 Å². The predicted octanol–water partition coefficient (Wildman–Crippen LogP) is 5.15. The molecule has 32 heavy (non-hydrogen) atoms. The third-order valence-corrected chi connectivity index (χ3v) is 5.81. The van der Waals surface area contributed by atoms with Crippen LogP contribution in [0, 0.1) is 10.1 Å². The molecule has 1 aromatic heterocycles. The molecule has 0 aliphatic carbocycles. The van der Waals surface area contributed by atoms with E-state index in [0.29, 0.717) is 28.0 Å². The van der Waals surface area contributed by atoms with Gasteiger partial charge in [-0.3, -0.25) is 14.7 Å². The molecule has 8 nitrogen and oxygen atoms in total. The van der Waals surface area contributed by atoms with E-state index in [2.05, 4.69) is 10.2 Å². The van der Waals surface area contributed by atoms with Crippen LogP contribution in [-0.2, 0) is 5.75 Å². The Labute approximate surface area is 189 Å². The zero-order chi connectivity index (χ0) is 22.5. The fourth-order valence-corrected chi connectivity index (χ4v) is 4.18. The maximum Gasteiger partial charge on any atom is 0.273 e.